The zero-order valence-electron chi connectivity index (χ0n) is 11.5. The molecule has 106 valence electrons. The number of carbonyl (C=O) groups excluding carboxylic acids is 2. The normalized spacial score (nSPS) is 31.8. The average molecular weight is 266 g/mol. The van der Waals surface area contributed by atoms with Crippen LogP contribution >= 0.6 is 0 Å². The largest absolute Gasteiger partial charge is 0.381 e. The molecule has 0 radical (unpaired) electrons. The minimum atomic E-state index is -0.283. The number of rotatable bonds is 2. The first kappa shape index (κ1) is 12.9. The summed E-state index contributed by atoms with van der Waals surface area (Å²) in [6.45, 7) is 4.09. The first-order valence-corrected chi connectivity index (χ1v) is 7.29. The van der Waals surface area contributed by atoms with Crippen molar-refractivity contribution in [2.75, 3.05) is 19.8 Å². The van der Waals surface area contributed by atoms with Crippen LogP contribution in [0.1, 0.15) is 39.0 Å². The second kappa shape index (κ2) is 4.78. The Labute approximate surface area is 113 Å². The SMILES string of the molecule is CC1(N2CCC(=O)NC(C3CC3)C2=O)CCOCC1. The topological polar surface area (TPSA) is 58.6 Å². The van der Waals surface area contributed by atoms with Gasteiger partial charge in [0.2, 0.25) is 11.8 Å². The van der Waals surface area contributed by atoms with E-state index in [0.717, 1.165) is 25.7 Å². The van der Waals surface area contributed by atoms with E-state index in [0.29, 0.717) is 32.1 Å². The van der Waals surface area contributed by atoms with Crippen molar-refractivity contribution >= 4 is 11.8 Å². The van der Waals surface area contributed by atoms with Crippen LogP contribution in [-0.4, -0.2) is 48.1 Å². The van der Waals surface area contributed by atoms with Crippen LogP contribution in [-0.2, 0) is 14.3 Å². The van der Waals surface area contributed by atoms with Gasteiger partial charge in [-0.1, -0.05) is 0 Å². The molecule has 1 saturated carbocycles. The van der Waals surface area contributed by atoms with Crippen LogP contribution in [0.15, 0.2) is 0 Å². The van der Waals surface area contributed by atoms with Crippen molar-refractivity contribution in [2.45, 2.75) is 50.6 Å². The standard InChI is InChI=1S/C14H22N2O3/c1-14(5-8-19-9-6-14)16-7-4-11(17)15-12(13(16)18)10-2-3-10/h10,12H,2-9H2,1H3,(H,15,17). The number of carbonyl (C=O) groups is 2. The Morgan fingerprint density at radius 2 is 1.95 bits per heavy atom. The number of hydrogen-bond acceptors (Lipinski definition) is 3. The highest BCUT2D eigenvalue weighted by Gasteiger charge is 2.46. The van der Waals surface area contributed by atoms with Crippen LogP contribution in [0.5, 0.6) is 0 Å². The Hall–Kier alpha value is -1.10. The average Bonchev–Trinajstić information content (AvgIpc) is 3.20. The second-order valence-corrected chi connectivity index (χ2v) is 6.23. The van der Waals surface area contributed by atoms with E-state index in [2.05, 4.69) is 12.2 Å². The Bertz CT molecular complexity index is 386. The summed E-state index contributed by atoms with van der Waals surface area (Å²) < 4.78 is 5.41. The van der Waals surface area contributed by atoms with Crippen molar-refractivity contribution in [1.82, 2.24) is 10.2 Å². The predicted octanol–water partition coefficient (Wildman–Crippen LogP) is 0.683. The molecule has 2 heterocycles. The van der Waals surface area contributed by atoms with Crippen LogP contribution in [0.4, 0.5) is 0 Å². The van der Waals surface area contributed by atoms with E-state index in [1.54, 1.807) is 0 Å². The van der Waals surface area contributed by atoms with Crippen molar-refractivity contribution in [2.24, 2.45) is 5.92 Å². The summed E-state index contributed by atoms with van der Waals surface area (Å²) in [6, 6.07) is -0.283. The molecule has 2 amide bonds. The summed E-state index contributed by atoms with van der Waals surface area (Å²) in [5, 5.41) is 2.92. The lowest BCUT2D eigenvalue weighted by atomic mass is 9.89. The van der Waals surface area contributed by atoms with E-state index >= 15 is 0 Å². The fourth-order valence-corrected chi connectivity index (χ4v) is 3.16. The van der Waals surface area contributed by atoms with E-state index in [9.17, 15) is 9.59 Å². The summed E-state index contributed by atoms with van der Waals surface area (Å²) in [7, 11) is 0. The molecular formula is C14H22N2O3. The van der Waals surface area contributed by atoms with Crippen LogP contribution in [0, 0.1) is 5.92 Å². The summed E-state index contributed by atoms with van der Waals surface area (Å²) in [4.78, 5) is 26.5. The van der Waals surface area contributed by atoms with Gasteiger partial charge in [-0.3, -0.25) is 9.59 Å². The highest BCUT2D eigenvalue weighted by molar-refractivity contribution is 5.91. The molecule has 5 heteroatoms. The molecule has 3 rings (SSSR count). The van der Waals surface area contributed by atoms with Gasteiger partial charge in [0.05, 0.1) is 0 Å². The summed E-state index contributed by atoms with van der Waals surface area (Å²) >= 11 is 0. The molecular weight excluding hydrogens is 244 g/mol. The van der Waals surface area contributed by atoms with Crippen molar-refractivity contribution in [3.05, 3.63) is 0 Å². The molecule has 1 N–H and O–H groups in total. The van der Waals surface area contributed by atoms with Crippen LogP contribution in [0.25, 0.3) is 0 Å². The maximum atomic E-state index is 12.7. The van der Waals surface area contributed by atoms with Gasteiger partial charge in [0.15, 0.2) is 0 Å². The van der Waals surface area contributed by atoms with Crippen LogP contribution in [0.2, 0.25) is 0 Å². The minimum Gasteiger partial charge on any atom is -0.381 e. The molecule has 0 bridgehead atoms. The summed E-state index contributed by atoms with van der Waals surface area (Å²) in [5.74, 6) is 0.502. The zero-order valence-corrected chi connectivity index (χ0v) is 11.5. The van der Waals surface area contributed by atoms with Crippen LogP contribution in [0.3, 0.4) is 0 Å². The first-order valence-electron chi connectivity index (χ1n) is 7.29. The third kappa shape index (κ3) is 2.48. The van der Waals surface area contributed by atoms with Crippen molar-refractivity contribution < 1.29 is 14.3 Å². The van der Waals surface area contributed by atoms with E-state index < -0.39 is 0 Å². The van der Waals surface area contributed by atoms with Crippen molar-refractivity contribution in [1.29, 1.82) is 0 Å². The van der Waals surface area contributed by atoms with Gasteiger partial charge in [-0.15, -0.1) is 0 Å². The van der Waals surface area contributed by atoms with Crippen LogP contribution < -0.4 is 5.32 Å². The van der Waals surface area contributed by atoms with Gasteiger partial charge in [0, 0.05) is 31.7 Å². The Morgan fingerprint density at radius 3 is 2.58 bits per heavy atom. The molecule has 0 aromatic rings. The molecule has 1 unspecified atom stereocenters. The molecule has 2 aliphatic heterocycles. The number of nitrogens with zero attached hydrogens (tertiary/aromatic N) is 1. The van der Waals surface area contributed by atoms with Gasteiger partial charge in [0.25, 0.3) is 0 Å². The number of nitrogens with one attached hydrogen (secondary N) is 1. The highest BCUT2D eigenvalue weighted by atomic mass is 16.5. The van der Waals surface area contributed by atoms with Gasteiger partial charge < -0.3 is 15.0 Å². The number of ether oxygens (including phenoxy) is 1. The molecule has 0 aromatic heterocycles. The smallest absolute Gasteiger partial charge is 0.245 e. The minimum absolute atomic E-state index is 0.0170. The summed E-state index contributed by atoms with van der Waals surface area (Å²) in [6.07, 6.45) is 4.27. The lowest BCUT2D eigenvalue weighted by molar-refractivity contribution is -0.143. The molecule has 5 nitrogen and oxygen atoms in total. The molecule has 2 saturated heterocycles. The van der Waals surface area contributed by atoms with E-state index in [-0.39, 0.29) is 23.4 Å². The maximum absolute atomic E-state index is 12.7. The van der Waals surface area contributed by atoms with Gasteiger partial charge in [-0.25, -0.2) is 0 Å². The lowest BCUT2D eigenvalue weighted by Gasteiger charge is -2.44. The molecule has 0 aromatic carbocycles. The van der Waals surface area contributed by atoms with Gasteiger partial charge >= 0.3 is 0 Å². The highest BCUT2D eigenvalue weighted by Crippen LogP contribution is 2.37. The van der Waals surface area contributed by atoms with Crippen molar-refractivity contribution in [3.63, 3.8) is 0 Å². The zero-order chi connectivity index (χ0) is 13.5. The third-order valence-electron chi connectivity index (χ3n) is 4.73. The van der Waals surface area contributed by atoms with Gasteiger partial charge in [0.1, 0.15) is 6.04 Å². The first-order chi connectivity index (χ1) is 9.10. The maximum Gasteiger partial charge on any atom is 0.245 e. The predicted molar refractivity (Wildman–Crippen MR) is 69.4 cm³/mol. The van der Waals surface area contributed by atoms with E-state index in [1.807, 2.05) is 4.90 Å². The monoisotopic (exact) mass is 266 g/mol. The Kier molecular flexibility index (Phi) is 3.25. The third-order valence-corrected chi connectivity index (χ3v) is 4.73. The molecule has 1 aliphatic carbocycles. The van der Waals surface area contributed by atoms with Gasteiger partial charge in [-0.05, 0) is 38.5 Å². The van der Waals surface area contributed by atoms with E-state index in [4.69, 9.17) is 4.74 Å². The lowest BCUT2D eigenvalue weighted by Crippen LogP contribution is -2.56. The molecule has 3 fully saturated rings. The fraction of sp³-hybridized carbons (Fsp3) is 0.857. The van der Waals surface area contributed by atoms with E-state index in [1.165, 1.54) is 0 Å². The Balaban J connectivity index is 1.82. The second-order valence-electron chi connectivity index (χ2n) is 6.23. The molecule has 1 atom stereocenters. The fourth-order valence-electron chi connectivity index (χ4n) is 3.16. The molecule has 0 spiro atoms. The summed E-state index contributed by atoms with van der Waals surface area (Å²) in [5.41, 5.74) is -0.144. The molecule has 19 heavy (non-hydrogen) atoms. The number of hydrogen-bond donors (Lipinski definition) is 1. The Morgan fingerprint density at radius 1 is 1.26 bits per heavy atom. The molecule has 3 aliphatic rings. The van der Waals surface area contributed by atoms with Crippen molar-refractivity contribution in [3.8, 4) is 0 Å². The quantitative estimate of drug-likeness (QED) is 0.799. The van der Waals surface area contributed by atoms with Gasteiger partial charge in [-0.2, -0.15) is 0 Å². The number of amides is 2.